The average Bonchev–Trinajstić information content (AvgIpc) is 2.67. The monoisotopic (exact) mass is 390 g/mol. The van der Waals surface area contributed by atoms with E-state index < -0.39 is 0 Å². The fourth-order valence-corrected chi connectivity index (χ4v) is 3.21. The third-order valence-corrected chi connectivity index (χ3v) is 5.00. The molecule has 1 aromatic rings. The van der Waals surface area contributed by atoms with Gasteiger partial charge < -0.3 is 20.1 Å². The number of hydrogen-bond acceptors (Lipinski definition) is 4. The molecule has 1 unspecified atom stereocenters. The second-order valence-corrected chi connectivity index (χ2v) is 8.37. The molecule has 6 heteroatoms. The molecule has 1 aliphatic heterocycles. The topological polar surface area (TPSA) is 58.1 Å². The Kier molecular flexibility index (Phi) is 9.22. The van der Waals surface area contributed by atoms with Gasteiger partial charge in [0, 0.05) is 39.8 Å². The van der Waals surface area contributed by atoms with E-state index >= 15 is 0 Å². The van der Waals surface area contributed by atoms with Gasteiger partial charge in [-0.1, -0.05) is 45.0 Å². The zero-order valence-electron chi connectivity index (χ0n) is 18.3. The first-order valence-corrected chi connectivity index (χ1v) is 10.3. The molecule has 1 heterocycles. The molecule has 1 aliphatic rings. The van der Waals surface area contributed by atoms with Crippen molar-refractivity contribution in [1.29, 1.82) is 0 Å². The molecular weight excluding hydrogens is 352 g/mol. The van der Waals surface area contributed by atoms with Crippen molar-refractivity contribution >= 4 is 5.96 Å². The molecule has 2 rings (SSSR count). The highest BCUT2D eigenvalue weighted by molar-refractivity contribution is 5.79. The van der Waals surface area contributed by atoms with Crippen molar-refractivity contribution in [1.82, 2.24) is 15.5 Å². The predicted octanol–water partition coefficient (Wildman–Crippen LogP) is 2.64. The van der Waals surface area contributed by atoms with Crippen molar-refractivity contribution in [3.8, 4) is 0 Å². The van der Waals surface area contributed by atoms with E-state index in [-0.39, 0.29) is 11.5 Å². The SMILES string of the molecule is CCNC(=NCc1ccc(CN2CCOCC2)cc1)NCC(OC)C(C)(C)C. The van der Waals surface area contributed by atoms with Crippen LogP contribution in [0.25, 0.3) is 0 Å². The van der Waals surface area contributed by atoms with Crippen LogP contribution in [0.3, 0.4) is 0 Å². The van der Waals surface area contributed by atoms with E-state index in [4.69, 9.17) is 14.5 Å². The highest BCUT2D eigenvalue weighted by Crippen LogP contribution is 2.20. The predicted molar refractivity (Wildman–Crippen MR) is 116 cm³/mol. The number of nitrogens with zero attached hydrogens (tertiary/aromatic N) is 2. The van der Waals surface area contributed by atoms with Gasteiger partial charge in [0.25, 0.3) is 0 Å². The Morgan fingerprint density at radius 3 is 2.36 bits per heavy atom. The number of rotatable bonds is 8. The summed E-state index contributed by atoms with van der Waals surface area (Å²) in [5.74, 6) is 0.825. The van der Waals surface area contributed by atoms with Crippen LogP contribution < -0.4 is 10.6 Å². The summed E-state index contributed by atoms with van der Waals surface area (Å²) in [4.78, 5) is 7.17. The maximum absolute atomic E-state index is 5.62. The van der Waals surface area contributed by atoms with Crippen molar-refractivity contribution in [2.45, 2.75) is 46.9 Å². The fourth-order valence-electron chi connectivity index (χ4n) is 3.21. The van der Waals surface area contributed by atoms with Crippen LogP contribution in [0.15, 0.2) is 29.3 Å². The molecule has 1 aromatic carbocycles. The van der Waals surface area contributed by atoms with Crippen molar-refractivity contribution in [3.63, 3.8) is 0 Å². The van der Waals surface area contributed by atoms with E-state index in [0.29, 0.717) is 6.54 Å². The fraction of sp³-hybridized carbons (Fsp3) is 0.682. The van der Waals surface area contributed by atoms with Crippen molar-refractivity contribution in [2.24, 2.45) is 10.4 Å². The number of nitrogens with one attached hydrogen (secondary N) is 2. The summed E-state index contributed by atoms with van der Waals surface area (Å²) in [5.41, 5.74) is 2.63. The molecule has 0 spiro atoms. The average molecular weight is 391 g/mol. The maximum Gasteiger partial charge on any atom is 0.191 e. The number of guanidine groups is 1. The van der Waals surface area contributed by atoms with Gasteiger partial charge in [0.05, 0.1) is 25.9 Å². The van der Waals surface area contributed by atoms with E-state index in [9.17, 15) is 0 Å². The standard InChI is InChI=1S/C22H38N4O2/c1-6-23-21(25-16-20(27-5)22(2,3)4)24-15-18-7-9-19(10-8-18)17-26-11-13-28-14-12-26/h7-10,20H,6,11-17H2,1-5H3,(H2,23,24,25). The highest BCUT2D eigenvalue weighted by Gasteiger charge is 2.24. The lowest BCUT2D eigenvalue weighted by atomic mass is 9.89. The Balaban J connectivity index is 1.88. The normalized spacial score (nSPS) is 17.4. The summed E-state index contributed by atoms with van der Waals surface area (Å²) in [6.07, 6.45) is 0.121. The minimum absolute atomic E-state index is 0.0788. The first-order chi connectivity index (χ1) is 13.4. The van der Waals surface area contributed by atoms with Crippen LogP contribution >= 0.6 is 0 Å². The van der Waals surface area contributed by atoms with Gasteiger partial charge in [0.15, 0.2) is 5.96 Å². The van der Waals surface area contributed by atoms with Crippen LogP contribution in [0, 0.1) is 5.41 Å². The summed E-state index contributed by atoms with van der Waals surface area (Å²) >= 11 is 0. The summed E-state index contributed by atoms with van der Waals surface area (Å²) in [6.45, 7) is 15.5. The lowest BCUT2D eigenvalue weighted by Gasteiger charge is -2.30. The van der Waals surface area contributed by atoms with Gasteiger partial charge in [-0.25, -0.2) is 4.99 Å². The van der Waals surface area contributed by atoms with Crippen LogP contribution in [0.5, 0.6) is 0 Å². The molecule has 6 nitrogen and oxygen atoms in total. The molecule has 0 bridgehead atoms. The molecule has 1 saturated heterocycles. The lowest BCUT2D eigenvalue weighted by Crippen LogP contribution is -2.45. The Morgan fingerprint density at radius 2 is 1.79 bits per heavy atom. The van der Waals surface area contributed by atoms with Crippen LogP contribution in [-0.4, -0.2) is 63.5 Å². The largest absolute Gasteiger partial charge is 0.379 e. The van der Waals surface area contributed by atoms with Crippen molar-refractivity contribution in [2.75, 3.05) is 46.5 Å². The molecule has 0 radical (unpaired) electrons. The molecule has 0 amide bonds. The second-order valence-electron chi connectivity index (χ2n) is 8.37. The van der Waals surface area contributed by atoms with Gasteiger partial charge in [-0.2, -0.15) is 0 Å². The van der Waals surface area contributed by atoms with Crippen LogP contribution in [0.1, 0.15) is 38.8 Å². The number of benzene rings is 1. The Hall–Kier alpha value is -1.63. The van der Waals surface area contributed by atoms with E-state index in [1.165, 1.54) is 11.1 Å². The molecular formula is C22H38N4O2. The third-order valence-electron chi connectivity index (χ3n) is 5.00. The highest BCUT2D eigenvalue weighted by atomic mass is 16.5. The van der Waals surface area contributed by atoms with E-state index in [1.54, 1.807) is 7.11 Å². The van der Waals surface area contributed by atoms with Gasteiger partial charge in [-0.05, 0) is 23.5 Å². The molecule has 28 heavy (non-hydrogen) atoms. The lowest BCUT2D eigenvalue weighted by molar-refractivity contribution is 0.0205. The third kappa shape index (κ3) is 7.78. The second kappa shape index (κ2) is 11.4. The first kappa shape index (κ1) is 22.7. The first-order valence-electron chi connectivity index (χ1n) is 10.3. The van der Waals surface area contributed by atoms with Gasteiger partial charge in [-0.3, -0.25) is 4.90 Å². The molecule has 1 fully saturated rings. The Morgan fingerprint density at radius 1 is 1.14 bits per heavy atom. The van der Waals surface area contributed by atoms with Gasteiger partial charge in [0.2, 0.25) is 0 Å². The molecule has 0 aromatic heterocycles. The van der Waals surface area contributed by atoms with Gasteiger partial charge >= 0.3 is 0 Å². The number of ether oxygens (including phenoxy) is 2. The van der Waals surface area contributed by atoms with E-state index in [1.807, 2.05) is 0 Å². The minimum atomic E-state index is 0.0788. The maximum atomic E-state index is 5.62. The zero-order valence-corrected chi connectivity index (χ0v) is 18.3. The molecule has 1 atom stereocenters. The number of methoxy groups -OCH3 is 1. The number of morpholine rings is 1. The summed E-state index contributed by atoms with van der Waals surface area (Å²) in [7, 11) is 1.76. The molecule has 0 saturated carbocycles. The van der Waals surface area contributed by atoms with E-state index in [2.05, 4.69) is 67.5 Å². The van der Waals surface area contributed by atoms with E-state index in [0.717, 1.165) is 51.9 Å². The minimum Gasteiger partial charge on any atom is -0.379 e. The van der Waals surface area contributed by atoms with Crippen molar-refractivity contribution < 1.29 is 9.47 Å². The summed E-state index contributed by atoms with van der Waals surface area (Å²) < 4.78 is 11.0. The van der Waals surface area contributed by atoms with Crippen LogP contribution in [0.4, 0.5) is 0 Å². The van der Waals surface area contributed by atoms with Crippen LogP contribution in [-0.2, 0) is 22.6 Å². The Bertz CT molecular complexity index is 590. The van der Waals surface area contributed by atoms with Gasteiger partial charge in [0.1, 0.15) is 0 Å². The zero-order chi connectivity index (χ0) is 20.4. The summed E-state index contributed by atoms with van der Waals surface area (Å²) in [5, 5.41) is 6.72. The molecule has 2 N–H and O–H groups in total. The molecule has 0 aliphatic carbocycles. The quantitative estimate of drug-likeness (QED) is 0.528. The van der Waals surface area contributed by atoms with Crippen molar-refractivity contribution in [3.05, 3.63) is 35.4 Å². The number of aliphatic imine (C=N–C) groups is 1. The molecule has 158 valence electrons. The smallest absolute Gasteiger partial charge is 0.191 e. The van der Waals surface area contributed by atoms with Gasteiger partial charge in [-0.15, -0.1) is 0 Å². The number of hydrogen-bond donors (Lipinski definition) is 2. The Labute approximate surface area is 170 Å². The van der Waals surface area contributed by atoms with Crippen LogP contribution in [0.2, 0.25) is 0 Å². The summed E-state index contributed by atoms with van der Waals surface area (Å²) in [6, 6.07) is 8.77.